The molecule has 1 heterocycles. The molecule has 0 amide bonds. The Labute approximate surface area is 82.0 Å². The molecule has 0 aliphatic rings. The van der Waals surface area contributed by atoms with Crippen LogP contribution in [0.3, 0.4) is 0 Å². The Morgan fingerprint density at radius 3 is 3.00 bits per heavy atom. The summed E-state index contributed by atoms with van der Waals surface area (Å²) in [6.45, 7) is 0. The summed E-state index contributed by atoms with van der Waals surface area (Å²) in [6, 6.07) is 5.92. The van der Waals surface area contributed by atoms with E-state index in [1.165, 1.54) is 11.3 Å². The third-order valence-corrected chi connectivity index (χ3v) is 3.51. The van der Waals surface area contributed by atoms with Gasteiger partial charge >= 0.3 is 0 Å². The number of hydrogen-bond acceptors (Lipinski definition) is 3. The lowest BCUT2D eigenvalue weighted by atomic mass is 10.3. The van der Waals surface area contributed by atoms with E-state index in [1.54, 1.807) is 0 Å². The van der Waals surface area contributed by atoms with Crippen molar-refractivity contribution in [3.05, 3.63) is 22.7 Å². The quantitative estimate of drug-likeness (QED) is 0.662. The van der Waals surface area contributed by atoms with Gasteiger partial charge in [0.1, 0.15) is 0 Å². The van der Waals surface area contributed by atoms with Crippen LogP contribution >= 0.6 is 27.3 Å². The molecule has 0 N–H and O–H groups in total. The van der Waals surface area contributed by atoms with Gasteiger partial charge in [0.2, 0.25) is 0 Å². The number of halogens is 1. The Hall–Kier alpha value is -0.190. The molecule has 0 aliphatic heterocycles. The highest BCUT2D eigenvalue weighted by Crippen LogP contribution is 2.28. The molecule has 1 nitrogen and oxygen atoms in total. The zero-order chi connectivity index (χ0) is 7.84. The van der Waals surface area contributed by atoms with Crippen LogP contribution in [0, 0.1) is 0 Å². The first-order chi connectivity index (χ1) is 5.27. The number of hydrogen-bond donors (Lipinski definition) is 0. The largest absolute Gasteiger partial charge is 0.408 e. The number of fused-ring (bicyclic) bond motifs is 1. The Morgan fingerprint density at radius 1 is 1.45 bits per heavy atom. The van der Waals surface area contributed by atoms with E-state index in [4.69, 9.17) is 12.6 Å². The van der Waals surface area contributed by atoms with Crippen LogP contribution in [0.2, 0.25) is 0 Å². The van der Waals surface area contributed by atoms with Crippen LogP contribution in [0.25, 0.3) is 10.2 Å². The highest BCUT2D eigenvalue weighted by molar-refractivity contribution is 9.10. The van der Waals surface area contributed by atoms with Crippen molar-refractivity contribution in [2.45, 2.75) is 4.34 Å². The van der Waals surface area contributed by atoms with Crippen molar-refractivity contribution >= 4 is 50.1 Å². The maximum atomic E-state index is 4.96. The maximum Gasteiger partial charge on any atom is 0.0611 e. The third-order valence-electron chi connectivity index (χ3n) is 1.35. The predicted octanol–water partition coefficient (Wildman–Crippen LogP) is 2.96. The minimum Gasteiger partial charge on any atom is -0.408 e. The van der Waals surface area contributed by atoms with Crippen LogP contribution in [-0.4, -0.2) is 4.98 Å². The molecule has 0 radical (unpaired) electrons. The van der Waals surface area contributed by atoms with Crippen molar-refractivity contribution in [2.24, 2.45) is 0 Å². The fourth-order valence-corrected chi connectivity index (χ4v) is 2.54. The lowest BCUT2D eigenvalue weighted by Gasteiger charge is -1.93. The van der Waals surface area contributed by atoms with Gasteiger partial charge in [-0.25, -0.2) is 0 Å². The van der Waals surface area contributed by atoms with E-state index in [0.29, 0.717) is 4.34 Å². The zero-order valence-corrected chi connectivity index (χ0v) is 8.59. The molecule has 0 saturated carbocycles. The monoisotopic (exact) mass is 244 g/mol. The van der Waals surface area contributed by atoms with E-state index in [9.17, 15) is 0 Å². The molecule has 1 aromatic carbocycles. The molecule has 4 heteroatoms. The first-order valence-electron chi connectivity index (χ1n) is 2.99. The second kappa shape index (κ2) is 2.69. The molecule has 2 aromatic rings. The molecule has 2 rings (SSSR count). The molecule has 0 fully saturated rings. The topological polar surface area (TPSA) is 12.9 Å². The van der Waals surface area contributed by atoms with Gasteiger partial charge in [0.05, 0.1) is 5.52 Å². The van der Waals surface area contributed by atoms with Crippen LogP contribution in [-0.2, 0) is 12.6 Å². The molecule has 0 atom stereocenters. The predicted molar refractivity (Wildman–Crippen MR) is 53.0 cm³/mol. The first-order valence-corrected chi connectivity index (χ1v) is 5.01. The van der Waals surface area contributed by atoms with Crippen LogP contribution in [0.4, 0.5) is 0 Å². The highest BCUT2D eigenvalue weighted by Gasteiger charge is 1.95. The van der Waals surface area contributed by atoms with E-state index < -0.39 is 0 Å². The summed E-state index contributed by atoms with van der Waals surface area (Å²) in [6.07, 6.45) is 0. The van der Waals surface area contributed by atoms with Gasteiger partial charge in [-0.2, -0.15) is 0 Å². The van der Waals surface area contributed by atoms with Gasteiger partial charge in [0.15, 0.2) is 0 Å². The minimum absolute atomic E-state index is 0.701. The molecule has 11 heavy (non-hydrogen) atoms. The molecule has 56 valence electrons. The lowest BCUT2D eigenvalue weighted by Crippen LogP contribution is -1.67. The van der Waals surface area contributed by atoms with Gasteiger partial charge in [0.25, 0.3) is 0 Å². The van der Waals surface area contributed by atoms with Crippen molar-refractivity contribution in [1.29, 1.82) is 0 Å². The number of thiazole rings is 1. The Balaban J connectivity index is 2.90. The van der Waals surface area contributed by atoms with Crippen LogP contribution in [0.5, 0.6) is 0 Å². The van der Waals surface area contributed by atoms with Gasteiger partial charge in [-0.05, 0) is 21.2 Å². The molecule has 0 spiro atoms. The standard InChI is InChI=1S/C7H4BrNS2/c8-4-2-1-3-5-6(4)11-7(10)9-5/h1-3H,(H,9,10)/p-1. The summed E-state index contributed by atoms with van der Waals surface area (Å²) < 4.78 is 2.91. The molecule has 0 bridgehead atoms. The summed E-state index contributed by atoms with van der Waals surface area (Å²) in [7, 11) is 0. The van der Waals surface area contributed by atoms with Gasteiger partial charge in [0, 0.05) is 4.47 Å². The van der Waals surface area contributed by atoms with Gasteiger partial charge < -0.3 is 24.0 Å². The summed E-state index contributed by atoms with van der Waals surface area (Å²) in [5.74, 6) is 0. The average Bonchev–Trinajstić information content (AvgIpc) is 2.31. The average molecular weight is 245 g/mol. The number of rotatable bonds is 0. The molecular formula is C7H3BrNS2-. The minimum atomic E-state index is 0.701. The van der Waals surface area contributed by atoms with Crippen LogP contribution in [0.1, 0.15) is 0 Å². The lowest BCUT2D eigenvalue weighted by molar-refractivity contribution is 1.31. The summed E-state index contributed by atoms with van der Waals surface area (Å²) in [5, 5.41) is 0. The fourth-order valence-electron chi connectivity index (χ4n) is 0.895. The Bertz CT molecular complexity index is 396. The molecule has 0 saturated heterocycles. The van der Waals surface area contributed by atoms with Crippen molar-refractivity contribution in [3.63, 3.8) is 0 Å². The van der Waals surface area contributed by atoms with Gasteiger partial charge in [-0.3, -0.25) is 4.98 Å². The Kier molecular flexibility index (Phi) is 1.83. The molecule has 1 aromatic heterocycles. The van der Waals surface area contributed by atoms with E-state index in [-0.39, 0.29) is 0 Å². The van der Waals surface area contributed by atoms with Crippen molar-refractivity contribution < 1.29 is 0 Å². The van der Waals surface area contributed by atoms with Crippen LogP contribution < -0.4 is 0 Å². The molecule has 0 aliphatic carbocycles. The van der Waals surface area contributed by atoms with E-state index >= 15 is 0 Å². The van der Waals surface area contributed by atoms with E-state index in [1.807, 2.05) is 18.2 Å². The number of aromatic nitrogens is 1. The van der Waals surface area contributed by atoms with Gasteiger partial charge in [-0.15, -0.1) is 0 Å². The second-order valence-electron chi connectivity index (χ2n) is 2.07. The SMILES string of the molecule is [S-]c1nc2cccc(Br)c2s1. The zero-order valence-electron chi connectivity index (χ0n) is 5.37. The molecule has 0 unspecified atom stereocenters. The van der Waals surface area contributed by atoms with Crippen LogP contribution in [0.15, 0.2) is 27.0 Å². The fraction of sp³-hybridized carbons (Fsp3) is 0. The van der Waals surface area contributed by atoms with Gasteiger partial charge in [-0.1, -0.05) is 22.0 Å². The number of benzene rings is 1. The highest BCUT2D eigenvalue weighted by atomic mass is 79.9. The summed E-state index contributed by atoms with van der Waals surface area (Å²) in [5.41, 5.74) is 0.981. The molecular weight excluding hydrogens is 242 g/mol. The summed E-state index contributed by atoms with van der Waals surface area (Å²) in [4.78, 5) is 4.18. The smallest absolute Gasteiger partial charge is 0.0611 e. The number of nitrogens with zero attached hydrogens (tertiary/aromatic N) is 1. The Morgan fingerprint density at radius 2 is 2.27 bits per heavy atom. The first kappa shape index (κ1) is 7.46. The second-order valence-corrected chi connectivity index (χ2v) is 4.57. The van der Waals surface area contributed by atoms with Crippen molar-refractivity contribution in [3.8, 4) is 0 Å². The van der Waals surface area contributed by atoms with E-state index in [0.717, 1.165) is 14.7 Å². The summed E-state index contributed by atoms with van der Waals surface area (Å²) >= 11 is 9.93. The maximum absolute atomic E-state index is 4.96. The van der Waals surface area contributed by atoms with Crippen molar-refractivity contribution in [2.75, 3.05) is 0 Å². The van der Waals surface area contributed by atoms with Crippen molar-refractivity contribution in [1.82, 2.24) is 4.98 Å². The normalized spacial score (nSPS) is 10.6. The third kappa shape index (κ3) is 1.26. The van der Waals surface area contributed by atoms with E-state index in [2.05, 4.69) is 20.9 Å².